The minimum atomic E-state index is -0.939. The molecule has 1 aliphatic rings. The van der Waals surface area contributed by atoms with E-state index in [1.807, 2.05) is 45.0 Å². The van der Waals surface area contributed by atoms with Crippen LogP contribution in [0.2, 0.25) is 0 Å². The maximum absolute atomic E-state index is 12.8. The molecule has 3 rings (SSSR count). The van der Waals surface area contributed by atoms with Gasteiger partial charge in [0.1, 0.15) is 6.61 Å². The fourth-order valence-corrected chi connectivity index (χ4v) is 4.42. The summed E-state index contributed by atoms with van der Waals surface area (Å²) in [5.74, 6) is -1.13. The van der Waals surface area contributed by atoms with Crippen LogP contribution in [0.4, 0.5) is 4.79 Å². The van der Waals surface area contributed by atoms with E-state index >= 15 is 0 Å². The molecular formula is C27H34N2O5. The summed E-state index contributed by atoms with van der Waals surface area (Å²) in [4.78, 5) is 38.0. The van der Waals surface area contributed by atoms with Gasteiger partial charge in [-0.2, -0.15) is 0 Å². The Labute approximate surface area is 201 Å². The predicted molar refractivity (Wildman–Crippen MR) is 131 cm³/mol. The molecule has 1 atom stereocenters. The molecule has 7 heteroatoms. The van der Waals surface area contributed by atoms with E-state index in [2.05, 4.69) is 29.6 Å². The lowest BCUT2D eigenvalue weighted by molar-refractivity contribution is -0.138. The molecule has 182 valence electrons. The number of rotatable bonds is 11. The number of carbonyl (C=O) groups excluding carboxylic acids is 2. The lowest BCUT2D eigenvalue weighted by Crippen LogP contribution is -2.44. The highest BCUT2D eigenvalue weighted by molar-refractivity contribution is 5.80. The molecule has 0 saturated carbocycles. The van der Waals surface area contributed by atoms with Crippen molar-refractivity contribution in [2.24, 2.45) is 5.92 Å². The van der Waals surface area contributed by atoms with Crippen LogP contribution in [0.5, 0.6) is 0 Å². The molecule has 0 radical (unpaired) electrons. The first-order chi connectivity index (χ1) is 16.3. The molecule has 34 heavy (non-hydrogen) atoms. The van der Waals surface area contributed by atoms with Crippen molar-refractivity contribution in [1.29, 1.82) is 0 Å². The topological polar surface area (TPSA) is 95.9 Å². The van der Waals surface area contributed by atoms with Crippen molar-refractivity contribution in [3.8, 4) is 11.1 Å². The molecular weight excluding hydrogens is 432 g/mol. The number of amides is 2. The Balaban J connectivity index is 1.61. The van der Waals surface area contributed by atoms with Crippen LogP contribution in [0.3, 0.4) is 0 Å². The Morgan fingerprint density at radius 3 is 2.12 bits per heavy atom. The fraction of sp³-hybridized carbons (Fsp3) is 0.444. The molecule has 1 aliphatic carbocycles. The number of carbonyl (C=O) groups is 3. The van der Waals surface area contributed by atoms with Crippen LogP contribution < -0.4 is 5.32 Å². The Hall–Kier alpha value is -3.35. The van der Waals surface area contributed by atoms with Crippen LogP contribution in [-0.4, -0.2) is 53.7 Å². The number of hydrogen-bond acceptors (Lipinski definition) is 4. The zero-order chi connectivity index (χ0) is 24.7. The van der Waals surface area contributed by atoms with Gasteiger partial charge in [0.25, 0.3) is 0 Å². The summed E-state index contributed by atoms with van der Waals surface area (Å²) < 4.78 is 5.64. The highest BCUT2D eigenvalue weighted by Gasteiger charge is 2.30. The molecule has 2 amide bonds. The van der Waals surface area contributed by atoms with E-state index in [-0.39, 0.29) is 43.7 Å². The average Bonchev–Trinajstić information content (AvgIpc) is 3.13. The Kier molecular flexibility index (Phi) is 8.68. The van der Waals surface area contributed by atoms with E-state index in [1.165, 1.54) is 0 Å². The minimum Gasteiger partial charge on any atom is -0.481 e. The van der Waals surface area contributed by atoms with E-state index in [0.29, 0.717) is 6.54 Å². The monoisotopic (exact) mass is 466 g/mol. The average molecular weight is 467 g/mol. The van der Waals surface area contributed by atoms with Gasteiger partial charge in [0.2, 0.25) is 5.91 Å². The number of alkyl carbamates (subject to hydrolysis) is 1. The van der Waals surface area contributed by atoms with E-state index < -0.39 is 18.1 Å². The number of carboxylic acids is 1. The summed E-state index contributed by atoms with van der Waals surface area (Å²) in [7, 11) is 0. The third-order valence-electron chi connectivity index (χ3n) is 6.29. The van der Waals surface area contributed by atoms with Crippen LogP contribution in [0.1, 0.15) is 57.1 Å². The van der Waals surface area contributed by atoms with Crippen molar-refractivity contribution in [1.82, 2.24) is 10.2 Å². The van der Waals surface area contributed by atoms with E-state index in [9.17, 15) is 14.4 Å². The van der Waals surface area contributed by atoms with Gasteiger partial charge < -0.3 is 20.1 Å². The van der Waals surface area contributed by atoms with E-state index in [1.54, 1.807) is 4.90 Å². The highest BCUT2D eigenvalue weighted by Crippen LogP contribution is 2.44. The van der Waals surface area contributed by atoms with Crippen molar-refractivity contribution in [2.75, 3.05) is 19.7 Å². The largest absolute Gasteiger partial charge is 0.481 e. The van der Waals surface area contributed by atoms with Crippen LogP contribution >= 0.6 is 0 Å². The van der Waals surface area contributed by atoms with Crippen LogP contribution in [0.15, 0.2) is 48.5 Å². The number of aliphatic carboxylic acids is 1. The number of fused-ring (bicyclic) bond motifs is 3. The van der Waals surface area contributed by atoms with Gasteiger partial charge in [0.15, 0.2) is 0 Å². The van der Waals surface area contributed by atoms with Gasteiger partial charge in [-0.1, -0.05) is 69.3 Å². The van der Waals surface area contributed by atoms with Gasteiger partial charge in [-0.05, 0) is 34.6 Å². The lowest BCUT2D eigenvalue weighted by atomic mass is 9.98. The number of benzene rings is 2. The van der Waals surface area contributed by atoms with Gasteiger partial charge >= 0.3 is 12.1 Å². The number of carboxylic acid groups (broad SMARTS) is 1. The van der Waals surface area contributed by atoms with Crippen molar-refractivity contribution in [3.63, 3.8) is 0 Å². The first-order valence-corrected chi connectivity index (χ1v) is 11.9. The SMILES string of the molecule is CCCN(CCC(=O)O)C(=O)CC(NC(=O)OCC1c2ccccc2-c2ccccc21)C(C)C. The molecule has 2 N–H and O–H groups in total. The Bertz CT molecular complexity index is 974. The second-order valence-electron chi connectivity index (χ2n) is 9.05. The van der Waals surface area contributed by atoms with Gasteiger partial charge in [-0.25, -0.2) is 4.79 Å². The molecule has 1 unspecified atom stereocenters. The second-order valence-corrected chi connectivity index (χ2v) is 9.05. The molecule has 7 nitrogen and oxygen atoms in total. The molecule has 0 aliphatic heterocycles. The smallest absolute Gasteiger partial charge is 0.407 e. The first kappa shape index (κ1) is 25.3. The van der Waals surface area contributed by atoms with E-state index in [4.69, 9.17) is 9.84 Å². The summed E-state index contributed by atoms with van der Waals surface area (Å²) in [5.41, 5.74) is 4.60. The van der Waals surface area contributed by atoms with Gasteiger partial charge in [-0.3, -0.25) is 9.59 Å². The predicted octanol–water partition coefficient (Wildman–Crippen LogP) is 4.65. The van der Waals surface area contributed by atoms with Crippen molar-refractivity contribution >= 4 is 18.0 Å². The van der Waals surface area contributed by atoms with Crippen molar-refractivity contribution in [2.45, 2.75) is 52.0 Å². The van der Waals surface area contributed by atoms with Gasteiger partial charge in [-0.15, -0.1) is 0 Å². The summed E-state index contributed by atoms with van der Waals surface area (Å²) in [6, 6.07) is 15.9. The molecule has 0 aromatic heterocycles. The molecule has 2 aromatic carbocycles. The minimum absolute atomic E-state index is 0.00684. The molecule has 0 saturated heterocycles. The molecule has 0 bridgehead atoms. The summed E-state index contributed by atoms with van der Waals surface area (Å²) in [5, 5.41) is 11.8. The molecule has 0 fully saturated rings. The summed E-state index contributed by atoms with van der Waals surface area (Å²) in [6.07, 6.45) is 0.178. The van der Waals surface area contributed by atoms with Crippen LogP contribution in [0.25, 0.3) is 11.1 Å². The van der Waals surface area contributed by atoms with Crippen LogP contribution in [-0.2, 0) is 14.3 Å². The van der Waals surface area contributed by atoms with Gasteiger partial charge in [0, 0.05) is 31.5 Å². The molecule has 0 heterocycles. The third kappa shape index (κ3) is 6.16. The van der Waals surface area contributed by atoms with Crippen LogP contribution in [0, 0.1) is 5.92 Å². The Morgan fingerprint density at radius 1 is 1.00 bits per heavy atom. The maximum Gasteiger partial charge on any atom is 0.407 e. The number of nitrogens with one attached hydrogen (secondary N) is 1. The highest BCUT2D eigenvalue weighted by atomic mass is 16.5. The normalized spacial score (nSPS) is 13.2. The lowest BCUT2D eigenvalue weighted by Gasteiger charge is -2.27. The quantitative estimate of drug-likeness (QED) is 0.502. The Morgan fingerprint density at radius 2 is 1.59 bits per heavy atom. The summed E-state index contributed by atoms with van der Waals surface area (Å²) >= 11 is 0. The third-order valence-corrected chi connectivity index (χ3v) is 6.29. The van der Waals surface area contributed by atoms with Crippen molar-refractivity contribution < 1.29 is 24.2 Å². The standard InChI is InChI=1S/C27H34N2O5/c1-4-14-29(15-13-26(31)32)25(30)16-24(18(2)3)28-27(33)34-17-23-21-11-7-5-9-19(21)20-10-6-8-12-22(20)23/h5-12,18,23-24H,4,13-17H2,1-3H3,(H,28,33)(H,31,32). The zero-order valence-electron chi connectivity index (χ0n) is 20.1. The first-order valence-electron chi connectivity index (χ1n) is 11.9. The number of ether oxygens (including phenoxy) is 1. The van der Waals surface area contributed by atoms with Gasteiger partial charge in [0.05, 0.1) is 6.42 Å². The number of nitrogens with zero attached hydrogens (tertiary/aromatic N) is 1. The van der Waals surface area contributed by atoms with Crippen molar-refractivity contribution in [3.05, 3.63) is 59.7 Å². The maximum atomic E-state index is 12.8. The number of hydrogen-bond donors (Lipinski definition) is 2. The fourth-order valence-electron chi connectivity index (χ4n) is 4.42. The molecule has 0 spiro atoms. The zero-order valence-corrected chi connectivity index (χ0v) is 20.1. The van der Waals surface area contributed by atoms with E-state index in [0.717, 1.165) is 28.7 Å². The summed E-state index contributed by atoms with van der Waals surface area (Å²) in [6.45, 7) is 6.67. The molecule has 2 aromatic rings. The second kappa shape index (κ2) is 11.7.